The maximum Gasteiger partial charge on any atom is 0.335 e. The molecule has 3 rings (SSSR count). The molecule has 0 aliphatic heterocycles. The van der Waals surface area contributed by atoms with Gasteiger partial charge in [0, 0.05) is 17.3 Å². The Bertz CT molecular complexity index is 879. The molecule has 25 heavy (non-hydrogen) atoms. The van der Waals surface area contributed by atoms with Crippen molar-refractivity contribution in [3.05, 3.63) is 66.5 Å². The molecule has 0 aliphatic carbocycles. The quantitative estimate of drug-likeness (QED) is 0.709. The number of aromatic carboxylic acids is 1. The second-order valence-electron chi connectivity index (χ2n) is 5.26. The maximum absolute atomic E-state index is 11.1. The van der Waals surface area contributed by atoms with Crippen LogP contribution in [0.15, 0.2) is 60.9 Å². The number of rotatable bonds is 6. The van der Waals surface area contributed by atoms with Gasteiger partial charge in [-0.25, -0.2) is 14.8 Å². The molecule has 1 aromatic heterocycles. The molecule has 0 aliphatic rings. The fourth-order valence-corrected chi connectivity index (χ4v) is 2.35. The maximum atomic E-state index is 11.1. The van der Waals surface area contributed by atoms with Gasteiger partial charge in [-0.1, -0.05) is 6.07 Å². The Morgan fingerprint density at radius 2 is 1.92 bits per heavy atom. The lowest BCUT2D eigenvalue weighted by Crippen LogP contribution is -1.99. The van der Waals surface area contributed by atoms with Gasteiger partial charge in [0.2, 0.25) is 0 Å². The van der Waals surface area contributed by atoms with Gasteiger partial charge in [0.15, 0.2) is 0 Å². The predicted molar refractivity (Wildman–Crippen MR) is 95.3 cm³/mol. The minimum atomic E-state index is -0.971. The first-order chi connectivity index (χ1) is 12.2. The van der Waals surface area contributed by atoms with Crippen molar-refractivity contribution in [2.45, 2.75) is 6.92 Å². The van der Waals surface area contributed by atoms with Crippen molar-refractivity contribution in [3.63, 3.8) is 0 Å². The number of carboxylic acids is 1. The number of benzene rings is 2. The van der Waals surface area contributed by atoms with Crippen molar-refractivity contribution in [3.8, 4) is 17.0 Å². The molecule has 2 N–H and O–H groups in total. The minimum Gasteiger partial charge on any atom is -0.494 e. The summed E-state index contributed by atoms with van der Waals surface area (Å²) in [5.41, 5.74) is 2.56. The molecule has 0 unspecified atom stereocenters. The van der Waals surface area contributed by atoms with Gasteiger partial charge < -0.3 is 15.2 Å². The molecular formula is C19H17N3O3. The van der Waals surface area contributed by atoms with E-state index in [1.807, 2.05) is 37.3 Å². The Kier molecular flexibility index (Phi) is 4.89. The first-order valence-corrected chi connectivity index (χ1v) is 7.81. The van der Waals surface area contributed by atoms with Crippen LogP contribution in [0.1, 0.15) is 17.3 Å². The molecule has 126 valence electrons. The number of aromatic nitrogens is 2. The van der Waals surface area contributed by atoms with Crippen LogP contribution in [0.3, 0.4) is 0 Å². The lowest BCUT2D eigenvalue weighted by atomic mass is 10.1. The van der Waals surface area contributed by atoms with Crippen LogP contribution in [0.5, 0.6) is 5.75 Å². The Balaban J connectivity index is 1.81. The molecule has 0 saturated heterocycles. The number of carbonyl (C=O) groups is 1. The normalized spacial score (nSPS) is 10.3. The molecule has 6 heteroatoms. The Labute approximate surface area is 145 Å². The number of ether oxygens (including phenoxy) is 1. The fraction of sp³-hybridized carbons (Fsp3) is 0.105. The lowest BCUT2D eigenvalue weighted by molar-refractivity contribution is 0.0697. The average Bonchev–Trinajstić information content (AvgIpc) is 2.63. The molecule has 0 bridgehead atoms. The van der Waals surface area contributed by atoms with E-state index in [0.29, 0.717) is 18.1 Å². The highest BCUT2D eigenvalue weighted by Crippen LogP contribution is 2.23. The fourth-order valence-electron chi connectivity index (χ4n) is 2.35. The van der Waals surface area contributed by atoms with E-state index >= 15 is 0 Å². The third kappa shape index (κ3) is 4.11. The topological polar surface area (TPSA) is 84.3 Å². The summed E-state index contributed by atoms with van der Waals surface area (Å²) in [6.07, 6.45) is 1.47. The van der Waals surface area contributed by atoms with Crippen LogP contribution in [0.2, 0.25) is 0 Å². The van der Waals surface area contributed by atoms with E-state index in [0.717, 1.165) is 17.0 Å². The molecule has 1 heterocycles. The van der Waals surface area contributed by atoms with E-state index in [1.165, 1.54) is 6.33 Å². The van der Waals surface area contributed by atoms with Gasteiger partial charge in [0.25, 0.3) is 0 Å². The SMILES string of the molecule is CCOc1ccc(-c2cc(Nc3cccc(C(=O)O)c3)ncn2)cc1. The van der Waals surface area contributed by atoms with E-state index in [9.17, 15) is 4.79 Å². The summed E-state index contributed by atoms with van der Waals surface area (Å²) >= 11 is 0. The molecule has 0 fully saturated rings. The van der Waals surface area contributed by atoms with Crippen LogP contribution in [0.4, 0.5) is 11.5 Å². The second-order valence-corrected chi connectivity index (χ2v) is 5.26. The van der Waals surface area contributed by atoms with Gasteiger partial charge in [-0.15, -0.1) is 0 Å². The molecular weight excluding hydrogens is 318 g/mol. The first-order valence-electron chi connectivity index (χ1n) is 7.81. The Hall–Kier alpha value is -3.41. The average molecular weight is 335 g/mol. The lowest BCUT2D eigenvalue weighted by Gasteiger charge is -2.08. The van der Waals surface area contributed by atoms with Crippen molar-refractivity contribution in [2.75, 3.05) is 11.9 Å². The van der Waals surface area contributed by atoms with Crippen molar-refractivity contribution >= 4 is 17.5 Å². The molecule has 3 aromatic rings. The summed E-state index contributed by atoms with van der Waals surface area (Å²) in [6.45, 7) is 2.56. The minimum absolute atomic E-state index is 0.214. The molecule has 0 radical (unpaired) electrons. The van der Waals surface area contributed by atoms with Crippen molar-refractivity contribution in [2.24, 2.45) is 0 Å². The van der Waals surface area contributed by atoms with Gasteiger partial charge in [-0.05, 0) is 49.4 Å². The van der Waals surface area contributed by atoms with Gasteiger partial charge in [0.05, 0.1) is 17.9 Å². The number of hydrogen-bond donors (Lipinski definition) is 2. The molecule has 0 amide bonds. The number of nitrogens with one attached hydrogen (secondary N) is 1. The highest BCUT2D eigenvalue weighted by molar-refractivity contribution is 5.89. The van der Waals surface area contributed by atoms with E-state index < -0.39 is 5.97 Å². The third-order valence-electron chi connectivity index (χ3n) is 3.51. The zero-order chi connectivity index (χ0) is 17.6. The van der Waals surface area contributed by atoms with Gasteiger partial charge in [-0.2, -0.15) is 0 Å². The third-order valence-corrected chi connectivity index (χ3v) is 3.51. The van der Waals surface area contributed by atoms with Crippen molar-refractivity contribution in [1.82, 2.24) is 9.97 Å². The van der Waals surface area contributed by atoms with Crippen LogP contribution in [0.25, 0.3) is 11.3 Å². The molecule has 6 nitrogen and oxygen atoms in total. The summed E-state index contributed by atoms with van der Waals surface area (Å²) in [7, 11) is 0. The number of anilines is 2. The smallest absolute Gasteiger partial charge is 0.335 e. The van der Waals surface area contributed by atoms with Gasteiger partial charge >= 0.3 is 5.97 Å². The molecule has 0 spiro atoms. The van der Waals surface area contributed by atoms with Gasteiger partial charge in [0.1, 0.15) is 17.9 Å². The summed E-state index contributed by atoms with van der Waals surface area (Å²) in [4.78, 5) is 19.5. The van der Waals surface area contributed by atoms with E-state index in [4.69, 9.17) is 9.84 Å². The zero-order valence-electron chi connectivity index (χ0n) is 13.6. The molecule has 0 atom stereocenters. The summed E-state index contributed by atoms with van der Waals surface area (Å²) in [5, 5.41) is 12.2. The summed E-state index contributed by atoms with van der Waals surface area (Å²) in [6, 6.07) is 16.0. The monoisotopic (exact) mass is 335 g/mol. The van der Waals surface area contributed by atoms with Crippen LogP contribution in [0, 0.1) is 0 Å². The van der Waals surface area contributed by atoms with E-state index in [2.05, 4.69) is 15.3 Å². The Morgan fingerprint density at radius 3 is 2.64 bits per heavy atom. The standard InChI is InChI=1S/C19H17N3O3/c1-2-25-16-8-6-13(7-9-16)17-11-18(21-12-20-17)22-15-5-3-4-14(10-15)19(23)24/h3-12H,2H2,1H3,(H,23,24)(H,20,21,22). The number of hydrogen-bond acceptors (Lipinski definition) is 5. The van der Waals surface area contributed by atoms with E-state index in [-0.39, 0.29) is 5.56 Å². The first kappa shape index (κ1) is 16.4. The largest absolute Gasteiger partial charge is 0.494 e. The molecule has 2 aromatic carbocycles. The zero-order valence-corrected chi connectivity index (χ0v) is 13.6. The Morgan fingerprint density at radius 1 is 1.12 bits per heavy atom. The van der Waals surface area contributed by atoms with Crippen LogP contribution < -0.4 is 10.1 Å². The number of nitrogens with zero attached hydrogens (tertiary/aromatic N) is 2. The molecule has 0 saturated carbocycles. The highest BCUT2D eigenvalue weighted by atomic mass is 16.5. The summed E-state index contributed by atoms with van der Waals surface area (Å²) < 4.78 is 5.44. The second kappa shape index (κ2) is 7.44. The van der Waals surface area contributed by atoms with Crippen LogP contribution in [-0.2, 0) is 0 Å². The van der Waals surface area contributed by atoms with Crippen molar-refractivity contribution in [1.29, 1.82) is 0 Å². The summed E-state index contributed by atoms with van der Waals surface area (Å²) in [5.74, 6) is 0.423. The number of carboxylic acid groups (broad SMARTS) is 1. The van der Waals surface area contributed by atoms with Crippen molar-refractivity contribution < 1.29 is 14.6 Å². The van der Waals surface area contributed by atoms with Gasteiger partial charge in [-0.3, -0.25) is 0 Å². The van der Waals surface area contributed by atoms with Crippen LogP contribution in [-0.4, -0.2) is 27.7 Å². The van der Waals surface area contributed by atoms with E-state index in [1.54, 1.807) is 24.3 Å². The predicted octanol–water partition coefficient (Wildman–Crippen LogP) is 3.98. The highest BCUT2D eigenvalue weighted by Gasteiger charge is 2.06. The van der Waals surface area contributed by atoms with Crippen LogP contribution >= 0.6 is 0 Å².